The second kappa shape index (κ2) is 6.11. The van der Waals surface area contributed by atoms with E-state index in [4.69, 9.17) is 0 Å². The van der Waals surface area contributed by atoms with E-state index >= 15 is 0 Å². The highest BCUT2D eigenvalue weighted by atomic mass is 19.1. The van der Waals surface area contributed by atoms with Gasteiger partial charge in [0.15, 0.2) is 0 Å². The molecule has 0 N–H and O–H groups in total. The largest absolute Gasteiger partial charge is 0.460 e. The molecule has 0 radical (unpaired) electrons. The first-order valence-corrected chi connectivity index (χ1v) is 6.75. The lowest BCUT2D eigenvalue weighted by Gasteiger charge is -2.12. The van der Waals surface area contributed by atoms with E-state index in [0.717, 1.165) is 37.8 Å². The van der Waals surface area contributed by atoms with Crippen molar-refractivity contribution in [2.24, 2.45) is 0 Å². The molecule has 0 bridgehead atoms. The molecular weight excluding hydrogens is 266 g/mol. The van der Waals surface area contributed by atoms with E-state index in [1.165, 1.54) is 6.92 Å². The van der Waals surface area contributed by atoms with Crippen LogP contribution >= 0.6 is 0 Å². The van der Waals surface area contributed by atoms with Crippen molar-refractivity contribution in [1.29, 1.82) is 0 Å². The number of carbonyl (C=O) groups excluding carboxylic acids is 2. The predicted octanol–water partition coefficient (Wildman–Crippen LogP) is 3.37. The molecule has 1 aliphatic rings. The van der Waals surface area contributed by atoms with Gasteiger partial charge in [-0.05, 0) is 43.4 Å². The summed E-state index contributed by atoms with van der Waals surface area (Å²) >= 11 is 0. The molecule has 0 heterocycles. The first-order chi connectivity index (χ1) is 9.54. The first kappa shape index (κ1) is 14.6. The molecule has 2 rings (SSSR count). The van der Waals surface area contributed by atoms with Crippen molar-refractivity contribution >= 4 is 11.8 Å². The van der Waals surface area contributed by atoms with Crippen molar-refractivity contribution in [2.75, 3.05) is 6.61 Å². The summed E-state index contributed by atoms with van der Waals surface area (Å²) in [6, 6.07) is 2.32. The van der Waals surface area contributed by atoms with Crippen LogP contribution in [0, 0.1) is 11.6 Å². The summed E-state index contributed by atoms with van der Waals surface area (Å²) in [5.41, 5.74) is -0.275. The molecule has 0 saturated heterocycles. The Hall–Kier alpha value is -1.78. The molecule has 1 saturated carbocycles. The van der Waals surface area contributed by atoms with Crippen molar-refractivity contribution in [3.8, 4) is 0 Å². The maximum Gasteiger partial charge on any atom is 0.379 e. The minimum Gasteiger partial charge on any atom is -0.460 e. The maximum absolute atomic E-state index is 13.9. The summed E-state index contributed by atoms with van der Waals surface area (Å²) in [5.74, 6) is -4.38. The van der Waals surface area contributed by atoms with Crippen LogP contribution < -0.4 is 0 Å². The number of rotatable bonds is 4. The lowest BCUT2D eigenvalue weighted by molar-refractivity contribution is -0.137. The van der Waals surface area contributed by atoms with Crippen LogP contribution in [0.15, 0.2) is 12.1 Å². The van der Waals surface area contributed by atoms with Gasteiger partial charge in [-0.3, -0.25) is 4.79 Å². The van der Waals surface area contributed by atoms with Gasteiger partial charge in [0, 0.05) is 0 Å². The molecule has 0 amide bonds. The van der Waals surface area contributed by atoms with Crippen LogP contribution in [0.5, 0.6) is 0 Å². The number of Topliss-reactive ketones (excluding diaryl/α,β-unsaturated/α-hetero) is 1. The number of halogens is 2. The molecule has 0 atom stereocenters. The zero-order valence-corrected chi connectivity index (χ0v) is 11.2. The lowest BCUT2D eigenvalue weighted by Crippen LogP contribution is -2.20. The van der Waals surface area contributed by atoms with E-state index in [1.807, 2.05) is 0 Å². The summed E-state index contributed by atoms with van der Waals surface area (Å²) in [7, 11) is 0. The molecule has 1 aromatic rings. The number of ether oxygens (including phenoxy) is 1. The maximum atomic E-state index is 13.9. The number of ketones is 1. The van der Waals surface area contributed by atoms with E-state index in [-0.39, 0.29) is 12.5 Å². The van der Waals surface area contributed by atoms with Crippen LogP contribution in [0.1, 0.15) is 54.4 Å². The summed E-state index contributed by atoms with van der Waals surface area (Å²) < 4.78 is 32.4. The van der Waals surface area contributed by atoms with Gasteiger partial charge in [0.2, 0.25) is 0 Å². The van der Waals surface area contributed by atoms with Crippen molar-refractivity contribution in [1.82, 2.24) is 0 Å². The Morgan fingerprint density at radius 3 is 2.25 bits per heavy atom. The highest BCUT2D eigenvalue weighted by Crippen LogP contribution is 2.35. The Balaban J connectivity index is 2.31. The zero-order valence-electron chi connectivity index (χ0n) is 11.2. The van der Waals surface area contributed by atoms with Crippen molar-refractivity contribution in [3.63, 3.8) is 0 Å². The van der Waals surface area contributed by atoms with E-state index in [1.54, 1.807) is 0 Å². The minimum absolute atomic E-state index is 0.0199. The molecule has 0 unspecified atom stereocenters. The molecule has 1 aliphatic carbocycles. The molecule has 5 heteroatoms. The zero-order chi connectivity index (χ0) is 14.7. The number of carbonyl (C=O) groups is 2. The van der Waals surface area contributed by atoms with Gasteiger partial charge < -0.3 is 4.74 Å². The molecule has 0 aromatic heterocycles. The molecule has 20 heavy (non-hydrogen) atoms. The molecule has 1 fully saturated rings. The van der Waals surface area contributed by atoms with Gasteiger partial charge in [0.05, 0.1) is 6.61 Å². The number of benzene rings is 1. The highest BCUT2D eigenvalue weighted by molar-refractivity contribution is 6.40. The molecule has 1 aromatic carbocycles. The number of hydrogen-bond acceptors (Lipinski definition) is 3. The summed E-state index contributed by atoms with van der Waals surface area (Å²) in [4.78, 5) is 22.9. The Morgan fingerprint density at radius 2 is 1.75 bits per heavy atom. The van der Waals surface area contributed by atoms with Gasteiger partial charge in [0.25, 0.3) is 5.78 Å². The smallest absolute Gasteiger partial charge is 0.379 e. The Labute approximate surface area is 115 Å². The van der Waals surface area contributed by atoms with Gasteiger partial charge in [-0.25, -0.2) is 13.6 Å². The van der Waals surface area contributed by atoms with Gasteiger partial charge in [-0.1, -0.05) is 12.8 Å². The van der Waals surface area contributed by atoms with E-state index in [2.05, 4.69) is 4.74 Å². The fraction of sp³-hybridized carbons (Fsp3) is 0.467. The van der Waals surface area contributed by atoms with Crippen molar-refractivity contribution < 1.29 is 23.1 Å². The van der Waals surface area contributed by atoms with Gasteiger partial charge in [0.1, 0.15) is 17.2 Å². The van der Waals surface area contributed by atoms with E-state index < -0.39 is 29.0 Å². The fourth-order valence-corrected chi connectivity index (χ4v) is 2.60. The van der Waals surface area contributed by atoms with Gasteiger partial charge in [-0.2, -0.15) is 0 Å². The van der Waals surface area contributed by atoms with Gasteiger partial charge in [-0.15, -0.1) is 0 Å². The second-order valence-electron chi connectivity index (χ2n) is 4.89. The number of esters is 1. The fourth-order valence-electron chi connectivity index (χ4n) is 2.60. The Morgan fingerprint density at radius 1 is 1.20 bits per heavy atom. The van der Waals surface area contributed by atoms with Crippen LogP contribution in [-0.4, -0.2) is 18.4 Å². The molecular formula is C15H16F2O3. The predicted molar refractivity (Wildman–Crippen MR) is 68.5 cm³/mol. The molecule has 0 spiro atoms. The van der Waals surface area contributed by atoms with Crippen LogP contribution in [0.2, 0.25) is 0 Å². The molecule has 3 nitrogen and oxygen atoms in total. The number of hydrogen-bond donors (Lipinski definition) is 0. The van der Waals surface area contributed by atoms with Crippen molar-refractivity contribution in [3.05, 3.63) is 34.9 Å². The summed E-state index contributed by atoms with van der Waals surface area (Å²) in [6.45, 7) is 1.50. The summed E-state index contributed by atoms with van der Waals surface area (Å²) in [6.07, 6.45) is 3.86. The minimum atomic E-state index is -1.28. The van der Waals surface area contributed by atoms with Crippen molar-refractivity contribution in [2.45, 2.75) is 38.5 Å². The summed E-state index contributed by atoms with van der Waals surface area (Å²) in [5, 5.41) is 0. The van der Waals surface area contributed by atoms with Crippen LogP contribution in [0.3, 0.4) is 0 Å². The molecule has 0 aliphatic heterocycles. The Bertz CT molecular complexity index is 511. The standard InChI is InChI=1S/C15H16F2O3/c1-2-20-15(19)14(18)13-11(16)7-10(8-12(13)17)9-5-3-4-6-9/h7-9H,2-6H2,1H3. The SMILES string of the molecule is CCOC(=O)C(=O)c1c(F)cc(C2CCCC2)cc1F. The third-order valence-electron chi connectivity index (χ3n) is 3.58. The topological polar surface area (TPSA) is 43.4 Å². The first-order valence-electron chi connectivity index (χ1n) is 6.75. The lowest BCUT2D eigenvalue weighted by atomic mass is 9.95. The van der Waals surface area contributed by atoms with E-state index in [9.17, 15) is 18.4 Å². The Kier molecular flexibility index (Phi) is 4.47. The monoisotopic (exact) mass is 282 g/mol. The second-order valence-corrected chi connectivity index (χ2v) is 4.89. The third-order valence-corrected chi connectivity index (χ3v) is 3.58. The quantitative estimate of drug-likeness (QED) is 0.483. The normalized spacial score (nSPS) is 15.3. The van der Waals surface area contributed by atoms with Crippen LogP contribution in [0.4, 0.5) is 8.78 Å². The van der Waals surface area contributed by atoms with Crippen LogP contribution in [-0.2, 0) is 9.53 Å². The third kappa shape index (κ3) is 2.86. The average Bonchev–Trinajstić information content (AvgIpc) is 2.91. The average molecular weight is 282 g/mol. The van der Waals surface area contributed by atoms with Gasteiger partial charge >= 0.3 is 5.97 Å². The van der Waals surface area contributed by atoms with Crippen LogP contribution in [0.25, 0.3) is 0 Å². The van der Waals surface area contributed by atoms with E-state index in [0.29, 0.717) is 5.56 Å². The molecule has 108 valence electrons. The highest BCUT2D eigenvalue weighted by Gasteiger charge is 2.27.